The van der Waals surface area contributed by atoms with Crippen molar-refractivity contribution in [1.29, 1.82) is 0 Å². The Morgan fingerprint density at radius 2 is 1.89 bits per heavy atom. The molecule has 2 atom stereocenters. The Kier molecular flexibility index (Phi) is 5.75. The van der Waals surface area contributed by atoms with Gasteiger partial charge in [0, 0.05) is 52.4 Å². The number of hydrogen-bond donors (Lipinski definition) is 2. The van der Waals surface area contributed by atoms with Crippen molar-refractivity contribution in [2.24, 2.45) is 0 Å². The summed E-state index contributed by atoms with van der Waals surface area (Å²) in [5.41, 5.74) is 4.93. The Hall–Kier alpha value is -2.60. The van der Waals surface area contributed by atoms with Gasteiger partial charge in [-0.3, -0.25) is 0 Å². The lowest BCUT2D eigenvalue weighted by atomic mass is 9.56. The van der Waals surface area contributed by atoms with Crippen LogP contribution in [0.1, 0.15) is 28.8 Å². The molecule has 6 rings (SSSR count). The van der Waals surface area contributed by atoms with Crippen LogP contribution in [0.2, 0.25) is 0 Å². The molecule has 2 heterocycles. The molecule has 4 aromatic rings. The first-order chi connectivity index (χ1) is 17.0. The highest BCUT2D eigenvalue weighted by atomic mass is 79.9. The Morgan fingerprint density at radius 3 is 2.71 bits per heavy atom. The second-order valence-corrected chi connectivity index (χ2v) is 11.1. The molecule has 1 saturated heterocycles. The van der Waals surface area contributed by atoms with Gasteiger partial charge in [0.2, 0.25) is 0 Å². The number of piperidine rings is 1. The molecule has 1 aliphatic heterocycles. The number of ether oxygens (including phenoxy) is 1. The monoisotopic (exact) mass is 530 g/mol. The van der Waals surface area contributed by atoms with Gasteiger partial charge in [0.15, 0.2) is 0 Å². The Labute approximate surface area is 215 Å². The maximum Gasteiger partial charge on any atom is 0.119 e. The Bertz CT molecular complexity index is 1370. The maximum absolute atomic E-state index is 12.6. The fourth-order valence-electron chi connectivity index (χ4n) is 6.44. The summed E-state index contributed by atoms with van der Waals surface area (Å²) in [5.74, 6) is 0.845. The quantitative estimate of drug-likeness (QED) is 0.350. The lowest BCUT2D eigenvalue weighted by molar-refractivity contribution is -0.102. The highest BCUT2D eigenvalue weighted by molar-refractivity contribution is 9.10. The van der Waals surface area contributed by atoms with Gasteiger partial charge in [0.05, 0.1) is 12.7 Å². The largest absolute Gasteiger partial charge is 0.497 e. The van der Waals surface area contributed by atoms with Crippen molar-refractivity contribution < 1.29 is 9.84 Å². The molecule has 0 spiro atoms. The standard InChI is InChI=1S/C30H31BrN2O2/c1-35-24-9-5-8-22(16-24)29-13-15-33(14-12-21-6-3-2-4-7-21)20-30(29,34)18-26-25-17-23(31)10-11-27(25)32-28(26)19-29/h2-11,16-17,32,34H,12-15,18-20H2,1H3/t29-,30-/m0/s1. The molecule has 4 nitrogen and oxygen atoms in total. The number of rotatable bonds is 5. The van der Waals surface area contributed by atoms with Crippen LogP contribution in [0.3, 0.4) is 0 Å². The van der Waals surface area contributed by atoms with Crippen LogP contribution < -0.4 is 4.74 Å². The minimum Gasteiger partial charge on any atom is -0.497 e. The number of benzene rings is 3. The first kappa shape index (κ1) is 22.8. The van der Waals surface area contributed by atoms with Crippen molar-refractivity contribution in [3.63, 3.8) is 0 Å². The molecule has 3 aromatic carbocycles. The Balaban J connectivity index is 1.40. The number of H-pyrrole nitrogens is 1. The van der Waals surface area contributed by atoms with Crippen LogP contribution in [0.15, 0.2) is 77.3 Å². The fraction of sp³-hybridized carbons (Fsp3) is 0.333. The van der Waals surface area contributed by atoms with E-state index in [1.54, 1.807) is 7.11 Å². The van der Waals surface area contributed by atoms with Crippen molar-refractivity contribution in [3.05, 3.63) is 99.7 Å². The lowest BCUT2D eigenvalue weighted by Crippen LogP contribution is -2.66. The van der Waals surface area contributed by atoms with Crippen molar-refractivity contribution >= 4 is 26.8 Å². The van der Waals surface area contributed by atoms with E-state index in [2.05, 4.69) is 92.5 Å². The third-order valence-electron chi connectivity index (χ3n) is 8.32. The number of hydrogen-bond acceptors (Lipinski definition) is 3. The SMILES string of the molecule is COc1cccc([C@@]23CCN(CCc4ccccc4)C[C@@]2(O)Cc2c([nH]c4ccc(Br)cc24)C3)c1. The molecule has 2 N–H and O–H groups in total. The first-order valence-corrected chi connectivity index (χ1v) is 13.2. The van der Waals surface area contributed by atoms with E-state index in [0.717, 1.165) is 48.1 Å². The maximum atomic E-state index is 12.6. The molecule has 0 amide bonds. The van der Waals surface area contributed by atoms with Crippen LogP contribution in [0.25, 0.3) is 10.9 Å². The number of fused-ring (bicyclic) bond motifs is 4. The summed E-state index contributed by atoms with van der Waals surface area (Å²) in [6, 6.07) is 25.4. The van der Waals surface area contributed by atoms with Gasteiger partial charge in [-0.15, -0.1) is 0 Å². The van der Waals surface area contributed by atoms with Gasteiger partial charge in [-0.05, 0) is 66.4 Å². The zero-order chi connectivity index (χ0) is 24.0. The zero-order valence-electron chi connectivity index (χ0n) is 20.1. The number of nitrogens with zero attached hydrogens (tertiary/aromatic N) is 1. The van der Waals surface area contributed by atoms with E-state index in [0.29, 0.717) is 13.0 Å². The molecule has 35 heavy (non-hydrogen) atoms. The van der Waals surface area contributed by atoms with Crippen molar-refractivity contribution in [2.75, 3.05) is 26.7 Å². The first-order valence-electron chi connectivity index (χ1n) is 12.4. The lowest BCUT2D eigenvalue weighted by Gasteiger charge is -2.56. The van der Waals surface area contributed by atoms with Gasteiger partial charge in [-0.2, -0.15) is 0 Å². The molecule has 1 fully saturated rings. The van der Waals surface area contributed by atoms with Gasteiger partial charge >= 0.3 is 0 Å². The molecule has 2 aliphatic rings. The number of nitrogens with one attached hydrogen (secondary N) is 1. The predicted molar refractivity (Wildman–Crippen MR) is 144 cm³/mol. The number of likely N-dealkylation sites (tertiary alicyclic amines) is 1. The minimum atomic E-state index is -0.876. The van der Waals surface area contributed by atoms with Crippen molar-refractivity contribution in [2.45, 2.75) is 36.7 Å². The number of aromatic nitrogens is 1. The average Bonchev–Trinajstić information content (AvgIpc) is 3.21. The van der Waals surface area contributed by atoms with Crippen LogP contribution in [-0.2, 0) is 24.7 Å². The molecule has 0 saturated carbocycles. The fourth-order valence-corrected chi connectivity index (χ4v) is 6.80. The van der Waals surface area contributed by atoms with E-state index in [-0.39, 0.29) is 5.41 Å². The summed E-state index contributed by atoms with van der Waals surface area (Å²) in [7, 11) is 1.71. The number of aliphatic hydroxyl groups is 1. The molecule has 0 radical (unpaired) electrons. The second-order valence-electron chi connectivity index (χ2n) is 10.2. The molecule has 0 bridgehead atoms. The highest BCUT2D eigenvalue weighted by Gasteiger charge is 2.57. The molecule has 1 aromatic heterocycles. The van der Waals surface area contributed by atoms with E-state index < -0.39 is 5.60 Å². The summed E-state index contributed by atoms with van der Waals surface area (Å²) in [6.07, 6.45) is 3.33. The summed E-state index contributed by atoms with van der Waals surface area (Å²) in [5, 5.41) is 13.8. The smallest absolute Gasteiger partial charge is 0.119 e. The normalized spacial score (nSPS) is 24.2. The Morgan fingerprint density at radius 1 is 1.03 bits per heavy atom. The molecule has 180 valence electrons. The van der Waals surface area contributed by atoms with Crippen LogP contribution in [0.5, 0.6) is 5.75 Å². The number of β-amino-alcohol motifs (C(OH)–C–C–N with tert-alkyl or cyclic N) is 1. The van der Waals surface area contributed by atoms with Gasteiger partial charge < -0.3 is 19.7 Å². The number of methoxy groups -OCH3 is 1. The summed E-state index contributed by atoms with van der Waals surface area (Å²) in [6.45, 7) is 2.58. The van der Waals surface area contributed by atoms with E-state index in [1.807, 2.05) is 6.07 Å². The van der Waals surface area contributed by atoms with E-state index in [4.69, 9.17) is 4.74 Å². The van der Waals surface area contributed by atoms with Crippen molar-refractivity contribution in [1.82, 2.24) is 9.88 Å². The van der Waals surface area contributed by atoms with Crippen LogP contribution >= 0.6 is 15.9 Å². The summed E-state index contributed by atoms with van der Waals surface area (Å²) in [4.78, 5) is 6.16. The number of halogens is 1. The molecular weight excluding hydrogens is 500 g/mol. The summed E-state index contributed by atoms with van der Waals surface area (Å²) >= 11 is 3.64. The summed E-state index contributed by atoms with van der Waals surface area (Å²) < 4.78 is 6.66. The molecule has 5 heteroatoms. The zero-order valence-corrected chi connectivity index (χ0v) is 21.6. The third-order valence-corrected chi connectivity index (χ3v) is 8.81. The minimum absolute atomic E-state index is 0.365. The molecular formula is C30H31BrN2O2. The van der Waals surface area contributed by atoms with E-state index >= 15 is 0 Å². The average molecular weight is 531 g/mol. The third kappa shape index (κ3) is 3.90. The second kappa shape index (κ2) is 8.81. The van der Waals surface area contributed by atoms with Gasteiger partial charge in [0.1, 0.15) is 5.75 Å². The number of aromatic amines is 1. The predicted octanol–water partition coefficient (Wildman–Crippen LogP) is 5.66. The highest BCUT2D eigenvalue weighted by Crippen LogP contribution is 2.52. The van der Waals surface area contributed by atoms with Crippen molar-refractivity contribution in [3.8, 4) is 5.75 Å². The molecule has 1 aliphatic carbocycles. The van der Waals surface area contributed by atoms with E-state index in [9.17, 15) is 5.11 Å². The molecule has 0 unspecified atom stereocenters. The van der Waals surface area contributed by atoms with E-state index in [1.165, 1.54) is 27.8 Å². The van der Waals surface area contributed by atoms with Crippen LogP contribution in [0.4, 0.5) is 0 Å². The van der Waals surface area contributed by atoms with Gasteiger partial charge in [-0.25, -0.2) is 0 Å². The topological polar surface area (TPSA) is 48.5 Å². The van der Waals surface area contributed by atoms with Crippen LogP contribution in [0, 0.1) is 0 Å². The van der Waals surface area contributed by atoms with Gasteiger partial charge in [-0.1, -0.05) is 58.4 Å². The van der Waals surface area contributed by atoms with Crippen LogP contribution in [-0.4, -0.2) is 47.3 Å². The van der Waals surface area contributed by atoms with Gasteiger partial charge in [0.25, 0.3) is 0 Å².